The average molecular weight is 524 g/mol. The zero-order chi connectivity index (χ0) is 26.8. The van der Waals surface area contributed by atoms with Crippen LogP contribution in [-0.2, 0) is 30.5 Å². The van der Waals surface area contributed by atoms with Crippen LogP contribution < -0.4 is 10.2 Å². The molecular weight excluding hydrogens is 486 g/mol. The highest BCUT2D eigenvalue weighted by Crippen LogP contribution is 2.45. The molecule has 0 aromatic heterocycles. The molecule has 1 N–H and O–H groups in total. The van der Waals surface area contributed by atoms with Crippen molar-refractivity contribution in [1.82, 2.24) is 9.62 Å². The monoisotopic (exact) mass is 524 g/mol. The fourth-order valence-electron chi connectivity index (χ4n) is 5.29. The van der Waals surface area contributed by atoms with Crippen molar-refractivity contribution in [3.05, 3.63) is 29.6 Å². The maximum Gasteiger partial charge on any atom is 0.497 e. The lowest BCUT2D eigenvalue weighted by Gasteiger charge is -2.57. The van der Waals surface area contributed by atoms with Crippen LogP contribution in [0.1, 0.15) is 66.9 Å². The minimum atomic E-state index is -3.56. The Hall–Kier alpha value is -1.69. The van der Waals surface area contributed by atoms with E-state index >= 15 is 4.39 Å². The molecule has 2 bridgehead atoms. The number of carbonyl (C=O) groups excluding carboxylic acids is 1. The van der Waals surface area contributed by atoms with Gasteiger partial charge >= 0.3 is 13.2 Å². The molecular formula is C25H38BFN2O6S. The van der Waals surface area contributed by atoms with Gasteiger partial charge in [-0.3, -0.25) is 0 Å². The number of piperidine rings is 2. The smallest absolute Gasteiger partial charge is 0.444 e. The van der Waals surface area contributed by atoms with E-state index in [2.05, 4.69) is 4.72 Å². The molecule has 1 aliphatic carbocycles. The van der Waals surface area contributed by atoms with Gasteiger partial charge in [-0.05, 0) is 79.2 Å². The maximum absolute atomic E-state index is 15.9. The molecule has 1 aromatic rings. The van der Waals surface area contributed by atoms with Crippen molar-refractivity contribution in [3.8, 4) is 0 Å². The van der Waals surface area contributed by atoms with Gasteiger partial charge in [0, 0.05) is 17.5 Å². The van der Waals surface area contributed by atoms with Crippen LogP contribution in [0.4, 0.5) is 9.18 Å². The van der Waals surface area contributed by atoms with Gasteiger partial charge in [0.2, 0.25) is 10.0 Å². The van der Waals surface area contributed by atoms with Crippen molar-refractivity contribution in [3.63, 3.8) is 0 Å². The Kier molecular flexibility index (Phi) is 6.81. The van der Waals surface area contributed by atoms with E-state index in [4.69, 9.17) is 14.0 Å². The van der Waals surface area contributed by atoms with E-state index < -0.39 is 57.9 Å². The number of halogens is 1. The van der Waals surface area contributed by atoms with Crippen LogP contribution in [0.15, 0.2) is 18.2 Å². The second kappa shape index (κ2) is 8.96. The van der Waals surface area contributed by atoms with Crippen LogP contribution in [0, 0.1) is 11.7 Å². The number of ether oxygens (including phenoxy) is 1. The molecule has 200 valence electrons. The molecule has 5 rings (SSSR count). The van der Waals surface area contributed by atoms with Crippen molar-refractivity contribution in [1.29, 1.82) is 0 Å². The second-order valence-corrected chi connectivity index (χ2v) is 14.1. The van der Waals surface area contributed by atoms with Crippen LogP contribution in [0.3, 0.4) is 0 Å². The number of hydrogen-bond donors (Lipinski definition) is 1. The Morgan fingerprint density at radius 1 is 1.19 bits per heavy atom. The first-order valence-electron chi connectivity index (χ1n) is 12.5. The molecule has 3 heterocycles. The number of fused-ring (bicyclic) bond motifs is 2. The second-order valence-electron chi connectivity index (χ2n) is 12.4. The molecule has 0 spiro atoms. The largest absolute Gasteiger partial charge is 0.497 e. The molecule has 8 nitrogen and oxygen atoms in total. The van der Waals surface area contributed by atoms with Gasteiger partial charge in [-0.2, -0.15) is 0 Å². The molecule has 2 atom stereocenters. The van der Waals surface area contributed by atoms with Gasteiger partial charge in [0.05, 0.1) is 23.5 Å². The fraction of sp³-hybridized carbons (Fsp3) is 0.720. The van der Waals surface area contributed by atoms with E-state index in [0.29, 0.717) is 18.4 Å². The number of hydrogen-bond acceptors (Lipinski definition) is 6. The molecule has 3 aliphatic heterocycles. The molecule has 4 aliphatic rings. The Balaban J connectivity index is 1.67. The van der Waals surface area contributed by atoms with Crippen LogP contribution >= 0.6 is 0 Å². The third-order valence-corrected chi connectivity index (χ3v) is 8.52. The number of sulfonamides is 1. The highest BCUT2D eigenvalue weighted by molar-refractivity contribution is 7.88. The minimum absolute atomic E-state index is 0.0678. The van der Waals surface area contributed by atoms with E-state index in [1.807, 2.05) is 27.7 Å². The first-order chi connectivity index (χ1) is 16.4. The molecule has 4 fully saturated rings. The summed E-state index contributed by atoms with van der Waals surface area (Å²) in [5.74, 6) is -0.403. The number of rotatable bonds is 5. The summed E-state index contributed by atoms with van der Waals surface area (Å²) in [7, 11) is -4.43. The quantitative estimate of drug-likeness (QED) is 0.596. The zero-order valence-electron chi connectivity index (χ0n) is 22.4. The van der Waals surface area contributed by atoms with Crippen molar-refractivity contribution in [2.75, 3.05) is 6.26 Å². The summed E-state index contributed by atoms with van der Waals surface area (Å²) < 4.78 is 60.9. The molecule has 0 unspecified atom stereocenters. The van der Waals surface area contributed by atoms with Crippen molar-refractivity contribution >= 4 is 28.7 Å². The average Bonchev–Trinajstić information content (AvgIpc) is 2.87. The predicted molar refractivity (Wildman–Crippen MR) is 136 cm³/mol. The Morgan fingerprint density at radius 3 is 2.31 bits per heavy atom. The lowest BCUT2D eigenvalue weighted by atomic mass is 9.66. The van der Waals surface area contributed by atoms with E-state index in [9.17, 15) is 13.2 Å². The standard InChI is InChI=1S/C25H38BFN2O6S/c1-23(2,3)33-22(30)29-17-12-16(13-17)21(28-36(8,31)32)19(29)14-15-10-9-11-18(20(15)27)26-34-24(4,5)25(6,7)35-26/h9-11,16-17,19,21,28H,12-14H2,1-8H3/t16?,17?,19-,21-/m0/s1. The predicted octanol–water partition coefficient (Wildman–Crippen LogP) is 2.98. The van der Waals surface area contributed by atoms with E-state index in [1.165, 1.54) is 0 Å². The van der Waals surface area contributed by atoms with Crippen molar-refractivity contribution < 1.29 is 31.6 Å². The molecule has 11 heteroatoms. The highest BCUT2D eigenvalue weighted by Gasteiger charge is 2.55. The molecule has 1 aromatic carbocycles. The van der Waals surface area contributed by atoms with Gasteiger partial charge in [-0.15, -0.1) is 0 Å². The van der Waals surface area contributed by atoms with Gasteiger partial charge in [0.25, 0.3) is 0 Å². The topological polar surface area (TPSA) is 94.2 Å². The number of carbonyl (C=O) groups is 1. The summed E-state index contributed by atoms with van der Waals surface area (Å²) in [6.07, 6.45) is 2.07. The van der Waals surface area contributed by atoms with Crippen molar-refractivity contribution in [2.45, 2.75) is 103 Å². The lowest BCUT2D eigenvalue weighted by Crippen LogP contribution is -2.70. The van der Waals surface area contributed by atoms with E-state index in [0.717, 1.165) is 6.26 Å². The van der Waals surface area contributed by atoms with Crippen LogP contribution in [0.2, 0.25) is 0 Å². The first kappa shape index (κ1) is 27.4. The molecule has 1 saturated carbocycles. The summed E-state index contributed by atoms with van der Waals surface area (Å²) >= 11 is 0. The molecule has 1 amide bonds. The van der Waals surface area contributed by atoms with E-state index in [1.54, 1.807) is 43.9 Å². The van der Waals surface area contributed by atoms with Crippen LogP contribution in [0.25, 0.3) is 0 Å². The number of benzene rings is 1. The lowest BCUT2D eigenvalue weighted by molar-refractivity contribution is -0.0652. The summed E-state index contributed by atoms with van der Waals surface area (Å²) in [5, 5.41) is 0. The number of nitrogens with one attached hydrogen (secondary N) is 1. The fourth-order valence-corrected chi connectivity index (χ4v) is 6.13. The van der Waals surface area contributed by atoms with Crippen LogP contribution in [0.5, 0.6) is 0 Å². The highest BCUT2D eigenvalue weighted by atomic mass is 32.2. The number of nitrogens with zero attached hydrogens (tertiary/aromatic N) is 1. The van der Waals surface area contributed by atoms with Crippen LogP contribution in [-0.4, -0.2) is 67.7 Å². The van der Waals surface area contributed by atoms with Gasteiger partial charge < -0.3 is 18.9 Å². The summed E-state index contributed by atoms with van der Waals surface area (Å²) in [6.45, 7) is 13.0. The Bertz CT molecular complexity index is 1110. The third kappa shape index (κ3) is 5.30. The van der Waals surface area contributed by atoms with E-state index in [-0.39, 0.29) is 23.8 Å². The molecule has 36 heavy (non-hydrogen) atoms. The summed E-state index contributed by atoms with van der Waals surface area (Å²) in [4.78, 5) is 14.9. The molecule has 3 saturated heterocycles. The van der Waals surface area contributed by atoms with Gasteiger partial charge in [-0.25, -0.2) is 22.3 Å². The Morgan fingerprint density at radius 2 is 1.78 bits per heavy atom. The third-order valence-electron chi connectivity index (χ3n) is 7.82. The SMILES string of the molecule is CC(C)(C)OC(=O)N1C2CC(C2)[C@H](NS(C)(=O)=O)[C@@H]1Cc1cccc(B2OC(C)(C)C(C)(C)O2)c1F. The van der Waals surface area contributed by atoms with Crippen molar-refractivity contribution in [2.24, 2.45) is 5.92 Å². The van der Waals surface area contributed by atoms with Gasteiger partial charge in [0.1, 0.15) is 11.4 Å². The first-order valence-corrected chi connectivity index (χ1v) is 14.4. The Labute approximate surface area is 214 Å². The van der Waals surface area contributed by atoms with Gasteiger partial charge in [0.15, 0.2) is 0 Å². The summed E-state index contributed by atoms with van der Waals surface area (Å²) in [6, 6.07) is 3.82. The normalized spacial score (nSPS) is 29.1. The summed E-state index contributed by atoms with van der Waals surface area (Å²) in [5.41, 5.74) is -1.32. The minimum Gasteiger partial charge on any atom is -0.444 e. The molecule has 0 radical (unpaired) electrons. The van der Waals surface area contributed by atoms with Gasteiger partial charge in [-0.1, -0.05) is 18.2 Å². The maximum atomic E-state index is 15.9. The zero-order valence-corrected chi connectivity index (χ0v) is 23.2. The number of amides is 1.